The molecule has 0 unspecified atom stereocenters. The highest BCUT2D eigenvalue weighted by Gasteiger charge is 2.18. The zero-order valence-corrected chi connectivity index (χ0v) is 15.2. The van der Waals surface area contributed by atoms with Crippen molar-refractivity contribution in [3.05, 3.63) is 46.8 Å². The van der Waals surface area contributed by atoms with E-state index in [9.17, 15) is 4.79 Å². The summed E-state index contributed by atoms with van der Waals surface area (Å²) >= 11 is 0. The van der Waals surface area contributed by atoms with E-state index in [0.29, 0.717) is 18.1 Å². The molecular formula is C20H21N5O2. The standard InChI is InChI=1S/C20H21N5O2/c1-12-8-21-18-16(12)6-14(9-22-18)15-7-17-19(23-10-15)24-20(26)25(17)11-13-2-4-27-5-3-13/h6-10,13H,2-5,11H2,1H3,(H,21,22)(H,23,24,26). The number of fused-ring (bicyclic) bond motifs is 2. The van der Waals surface area contributed by atoms with Crippen LogP contribution in [0.4, 0.5) is 0 Å². The number of rotatable bonds is 3. The van der Waals surface area contributed by atoms with E-state index in [4.69, 9.17) is 4.74 Å². The van der Waals surface area contributed by atoms with Gasteiger partial charge in [-0.3, -0.25) is 9.55 Å². The summed E-state index contributed by atoms with van der Waals surface area (Å²) in [6.07, 6.45) is 7.57. The summed E-state index contributed by atoms with van der Waals surface area (Å²) in [7, 11) is 0. The van der Waals surface area contributed by atoms with Crippen LogP contribution in [0.3, 0.4) is 0 Å². The van der Waals surface area contributed by atoms with Crippen LogP contribution in [0, 0.1) is 12.8 Å². The first kappa shape index (κ1) is 16.3. The summed E-state index contributed by atoms with van der Waals surface area (Å²) in [5.74, 6) is 0.458. The van der Waals surface area contributed by atoms with E-state index < -0.39 is 0 Å². The summed E-state index contributed by atoms with van der Waals surface area (Å²) in [5.41, 5.74) is 5.35. The topological polar surface area (TPSA) is 88.6 Å². The molecule has 0 aromatic carbocycles. The Hall–Kier alpha value is -2.93. The summed E-state index contributed by atoms with van der Waals surface area (Å²) in [4.78, 5) is 27.5. The lowest BCUT2D eigenvalue weighted by Gasteiger charge is -2.22. The molecule has 138 valence electrons. The molecule has 7 heteroatoms. The number of ether oxygens (including phenoxy) is 1. The van der Waals surface area contributed by atoms with Crippen LogP contribution in [0.25, 0.3) is 33.3 Å². The van der Waals surface area contributed by atoms with Crippen LogP contribution in [0.1, 0.15) is 18.4 Å². The lowest BCUT2D eigenvalue weighted by atomic mass is 10.0. The Morgan fingerprint density at radius 1 is 1.15 bits per heavy atom. The molecule has 0 radical (unpaired) electrons. The van der Waals surface area contributed by atoms with Gasteiger partial charge in [0.1, 0.15) is 5.65 Å². The molecular weight excluding hydrogens is 342 g/mol. The molecule has 27 heavy (non-hydrogen) atoms. The van der Waals surface area contributed by atoms with E-state index in [1.165, 1.54) is 0 Å². The average molecular weight is 363 g/mol. The van der Waals surface area contributed by atoms with Gasteiger partial charge in [0, 0.05) is 54.9 Å². The van der Waals surface area contributed by atoms with Crippen LogP contribution < -0.4 is 5.69 Å². The maximum atomic E-state index is 12.5. The van der Waals surface area contributed by atoms with E-state index in [1.54, 1.807) is 6.20 Å². The Morgan fingerprint density at radius 3 is 2.70 bits per heavy atom. The first-order chi connectivity index (χ1) is 13.2. The molecule has 5 rings (SSSR count). The molecule has 0 aliphatic carbocycles. The largest absolute Gasteiger partial charge is 0.381 e. The first-order valence-electron chi connectivity index (χ1n) is 9.29. The third-order valence-electron chi connectivity index (χ3n) is 5.48. The van der Waals surface area contributed by atoms with Crippen LogP contribution in [0.5, 0.6) is 0 Å². The van der Waals surface area contributed by atoms with E-state index >= 15 is 0 Å². The smallest absolute Gasteiger partial charge is 0.327 e. The molecule has 1 aliphatic rings. The number of hydrogen-bond donors (Lipinski definition) is 2. The van der Waals surface area contributed by atoms with Crippen molar-refractivity contribution in [1.82, 2.24) is 24.5 Å². The molecule has 0 atom stereocenters. The number of nitrogens with one attached hydrogen (secondary N) is 2. The number of H-pyrrole nitrogens is 2. The maximum absolute atomic E-state index is 12.5. The quantitative estimate of drug-likeness (QED) is 0.586. The van der Waals surface area contributed by atoms with Gasteiger partial charge in [0.05, 0.1) is 5.52 Å². The lowest BCUT2D eigenvalue weighted by molar-refractivity contribution is 0.0613. The molecule has 0 saturated carbocycles. The van der Waals surface area contributed by atoms with E-state index in [1.807, 2.05) is 23.0 Å². The van der Waals surface area contributed by atoms with Crippen LogP contribution in [-0.2, 0) is 11.3 Å². The number of aromatic nitrogens is 5. The van der Waals surface area contributed by atoms with Crippen molar-refractivity contribution in [3.8, 4) is 11.1 Å². The fourth-order valence-corrected chi connectivity index (χ4v) is 3.85. The van der Waals surface area contributed by atoms with Crippen molar-refractivity contribution >= 4 is 22.2 Å². The highest BCUT2D eigenvalue weighted by molar-refractivity contribution is 5.86. The summed E-state index contributed by atoms with van der Waals surface area (Å²) in [6.45, 7) is 4.30. The number of aromatic amines is 2. The number of nitrogens with zero attached hydrogens (tertiary/aromatic N) is 3. The summed E-state index contributed by atoms with van der Waals surface area (Å²) in [6, 6.07) is 4.15. The van der Waals surface area contributed by atoms with E-state index in [-0.39, 0.29) is 5.69 Å². The Bertz CT molecular complexity index is 1180. The van der Waals surface area contributed by atoms with Gasteiger partial charge in [-0.1, -0.05) is 0 Å². The van der Waals surface area contributed by atoms with Gasteiger partial charge in [0.2, 0.25) is 0 Å². The Kier molecular flexibility index (Phi) is 3.82. The first-order valence-corrected chi connectivity index (χ1v) is 9.29. The normalized spacial score (nSPS) is 15.7. The maximum Gasteiger partial charge on any atom is 0.327 e. The van der Waals surface area contributed by atoms with E-state index in [0.717, 1.165) is 59.3 Å². The molecule has 0 bridgehead atoms. The molecule has 4 aromatic rings. The zero-order valence-electron chi connectivity index (χ0n) is 15.2. The van der Waals surface area contributed by atoms with Gasteiger partial charge >= 0.3 is 5.69 Å². The predicted octanol–water partition coefficient (Wildman–Crippen LogP) is 3.00. The second kappa shape index (κ2) is 6.35. The van der Waals surface area contributed by atoms with Gasteiger partial charge in [-0.15, -0.1) is 0 Å². The van der Waals surface area contributed by atoms with Crippen LogP contribution in [-0.4, -0.2) is 37.7 Å². The highest BCUT2D eigenvalue weighted by atomic mass is 16.5. The second-order valence-corrected chi connectivity index (χ2v) is 7.28. The lowest BCUT2D eigenvalue weighted by Crippen LogP contribution is -2.25. The Morgan fingerprint density at radius 2 is 1.89 bits per heavy atom. The van der Waals surface area contributed by atoms with Crippen LogP contribution >= 0.6 is 0 Å². The molecule has 2 N–H and O–H groups in total. The molecule has 1 saturated heterocycles. The minimum atomic E-state index is -0.101. The molecule has 4 aromatic heterocycles. The summed E-state index contributed by atoms with van der Waals surface area (Å²) in [5, 5.41) is 1.10. The Balaban J connectivity index is 1.58. The van der Waals surface area contributed by atoms with Crippen molar-refractivity contribution in [2.45, 2.75) is 26.3 Å². The van der Waals surface area contributed by atoms with Crippen molar-refractivity contribution in [1.29, 1.82) is 0 Å². The van der Waals surface area contributed by atoms with Gasteiger partial charge in [0.25, 0.3) is 0 Å². The number of pyridine rings is 2. The van der Waals surface area contributed by atoms with Gasteiger partial charge in [0.15, 0.2) is 5.65 Å². The van der Waals surface area contributed by atoms with Crippen molar-refractivity contribution in [3.63, 3.8) is 0 Å². The number of aryl methyl sites for hydroxylation is 1. The zero-order chi connectivity index (χ0) is 18.4. The molecule has 1 fully saturated rings. The SMILES string of the molecule is Cc1c[nH]c2ncc(-c3cnc4[nH]c(=O)n(CC5CCOCC5)c4c3)cc12. The van der Waals surface area contributed by atoms with Gasteiger partial charge in [-0.25, -0.2) is 14.8 Å². The highest BCUT2D eigenvalue weighted by Crippen LogP contribution is 2.26. The predicted molar refractivity (Wildman–Crippen MR) is 104 cm³/mol. The van der Waals surface area contributed by atoms with Crippen LogP contribution in [0.2, 0.25) is 0 Å². The molecule has 5 heterocycles. The number of hydrogen-bond acceptors (Lipinski definition) is 4. The third-order valence-corrected chi connectivity index (χ3v) is 5.48. The molecule has 7 nitrogen and oxygen atoms in total. The third kappa shape index (κ3) is 2.84. The van der Waals surface area contributed by atoms with Crippen molar-refractivity contribution in [2.75, 3.05) is 13.2 Å². The molecule has 0 amide bonds. The fraction of sp³-hybridized carbons (Fsp3) is 0.350. The Labute approximate surface area is 155 Å². The van der Waals surface area contributed by atoms with Gasteiger partial charge in [-0.2, -0.15) is 0 Å². The monoisotopic (exact) mass is 363 g/mol. The number of imidazole rings is 1. The van der Waals surface area contributed by atoms with E-state index in [2.05, 4.69) is 32.9 Å². The fourth-order valence-electron chi connectivity index (χ4n) is 3.85. The minimum Gasteiger partial charge on any atom is -0.381 e. The second-order valence-electron chi connectivity index (χ2n) is 7.28. The van der Waals surface area contributed by atoms with Crippen molar-refractivity contribution in [2.24, 2.45) is 5.92 Å². The summed E-state index contributed by atoms with van der Waals surface area (Å²) < 4.78 is 7.25. The van der Waals surface area contributed by atoms with Gasteiger partial charge < -0.3 is 9.72 Å². The minimum absolute atomic E-state index is 0.101. The van der Waals surface area contributed by atoms with Gasteiger partial charge in [-0.05, 0) is 43.4 Å². The average Bonchev–Trinajstić information content (AvgIpc) is 3.22. The molecule has 0 spiro atoms. The van der Waals surface area contributed by atoms with Crippen LogP contribution in [0.15, 0.2) is 35.5 Å². The van der Waals surface area contributed by atoms with Crippen molar-refractivity contribution < 1.29 is 4.74 Å². The molecule has 1 aliphatic heterocycles.